The van der Waals surface area contributed by atoms with Crippen LogP contribution in [0.25, 0.3) is 0 Å². The summed E-state index contributed by atoms with van der Waals surface area (Å²) in [5.41, 5.74) is 2.64. The summed E-state index contributed by atoms with van der Waals surface area (Å²) in [6.45, 7) is 4.96. The number of cyclic esters (lactones) is 1. The van der Waals surface area contributed by atoms with Crippen molar-refractivity contribution in [3.05, 3.63) is 35.4 Å². The topological polar surface area (TPSA) is 38.3 Å². The third-order valence-electron chi connectivity index (χ3n) is 3.32. The molecular formula is C14H19NO2. The van der Waals surface area contributed by atoms with Gasteiger partial charge in [-0.2, -0.15) is 0 Å². The largest absolute Gasteiger partial charge is 0.444 e. The quantitative estimate of drug-likeness (QED) is 0.868. The number of amides is 1. The lowest BCUT2D eigenvalue weighted by Gasteiger charge is -2.14. The standard InChI is InChI=1S/C14H19NO2/c1-10-3-6-12(7-4-10)11(2)5-8-13-9-15-14(16)17-13/h3-4,6-7,11,13H,5,8-9H2,1-2H3,(H,15,16)/t11-,13+/m1/s1. The van der Waals surface area contributed by atoms with Crippen molar-refractivity contribution in [1.82, 2.24) is 5.32 Å². The molecule has 1 fully saturated rings. The van der Waals surface area contributed by atoms with Crippen LogP contribution in [0.15, 0.2) is 24.3 Å². The van der Waals surface area contributed by atoms with Crippen LogP contribution in [0.4, 0.5) is 4.79 Å². The molecule has 1 heterocycles. The van der Waals surface area contributed by atoms with Crippen molar-refractivity contribution >= 4 is 6.09 Å². The number of benzene rings is 1. The maximum absolute atomic E-state index is 10.9. The number of carbonyl (C=O) groups is 1. The highest BCUT2D eigenvalue weighted by molar-refractivity contribution is 5.69. The van der Waals surface area contributed by atoms with Crippen LogP contribution in [0.1, 0.15) is 36.8 Å². The molecule has 1 aliphatic heterocycles. The van der Waals surface area contributed by atoms with Crippen LogP contribution in [0.3, 0.4) is 0 Å². The monoisotopic (exact) mass is 233 g/mol. The molecule has 3 heteroatoms. The Morgan fingerprint density at radius 1 is 1.41 bits per heavy atom. The van der Waals surface area contributed by atoms with E-state index in [0.29, 0.717) is 12.5 Å². The number of alkyl carbamates (subject to hydrolysis) is 1. The van der Waals surface area contributed by atoms with Crippen molar-refractivity contribution in [3.63, 3.8) is 0 Å². The van der Waals surface area contributed by atoms with Gasteiger partial charge in [-0.3, -0.25) is 0 Å². The summed E-state index contributed by atoms with van der Waals surface area (Å²) >= 11 is 0. The van der Waals surface area contributed by atoms with Crippen LogP contribution >= 0.6 is 0 Å². The second-order valence-electron chi connectivity index (χ2n) is 4.80. The maximum Gasteiger partial charge on any atom is 0.407 e. The fraction of sp³-hybridized carbons (Fsp3) is 0.500. The lowest BCUT2D eigenvalue weighted by molar-refractivity contribution is 0.133. The normalized spacial score (nSPS) is 20.8. The highest BCUT2D eigenvalue weighted by Gasteiger charge is 2.22. The van der Waals surface area contributed by atoms with E-state index in [0.717, 1.165) is 12.8 Å². The SMILES string of the molecule is Cc1ccc([C@H](C)CC[C@H]2CNC(=O)O2)cc1. The number of carbonyl (C=O) groups excluding carboxylic acids is 1. The van der Waals surface area contributed by atoms with E-state index in [2.05, 4.69) is 43.4 Å². The number of aryl methyl sites for hydroxylation is 1. The molecule has 1 aliphatic rings. The molecule has 1 amide bonds. The Morgan fingerprint density at radius 2 is 2.12 bits per heavy atom. The van der Waals surface area contributed by atoms with Crippen LogP contribution < -0.4 is 5.32 Å². The fourth-order valence-electron chi connectivity index (χ4n) is 2.09. The van der Waals surface area contributed by atoms with E-state index >= 15 is 0 Å². The average Bonchev–Trinajstić information content (AvgIpc) is 2.73. The molecule has 0 saturated carbocycles. The first-order chi connectivity index (χ1) is 8.15. The highest BCUT2D eigenvalue weighted by atomic mass is 16.6. The number of ether oxygens (including phenoxy) is 1. The Morgan fingerprint density at radius 3 is 2.71 bits per heavy atom. The summed E-state index contributed by atoms with van der Waals surface area (Å²) in [4.78, 5) is 10.9. The summed E-state index contributed by atoms with van der Waals surface area (Å²) < 4.78 is 5.12. The van der Waals surface area contributed by atoms with Gasteiger partial charge in [0, 0.05) is 0 Å². The van der Waals surface area contributed by atoms with Crippen LogP contribution in [0.2, 0.25) is 0 Å². The smallest absolute Gasteiger partial charge is 0.407 e. The maximum atomic E-state index is 10.9. The van der Waals surface area contributed by atoms with Crippen LogP contribution in [0, 0.1) is 6.92 Å². The molecule has 1 aromatic rings. The van der Waals surface area contributed by atoms with Crippen molar-refractivity contribution in [3.8, 4) is 0 Å². The van der Waals surface area contributed by atoms with E-state index in [1.807, 2.05) is 0 Å². The number of nitrogens with one attached hydrogen (secondary N) is 1. The molecule has 0 aliphatic carbocycles. The van der Waals surface area contributed by atoms with Gasteiger partial charge in [0.2, 0.25) is 0 Å². The van der Waals surface area contributed by atoms with E-state index in [9.17, 15) is 4.79 Å². The van der Waals surface area contributed by atoms with Crippen molar-refractivity contribution in [2.75, 3.05) is 6.54 Å². The van der Waals surface area contributed by atoms with Gasteiger partial charge in [-0.15, -0.1) is 0 Å². The van der Waals surface area contributed by atoms with Gasteiger partial charge in [-0.05, 0) is 31.2 Å². The minimum atomic E-state index is -0.280. The molecule has 17 heavy (non-hydrogen) atoms. The van der Waals surface area contributed by atoms with Gasteiger partial charge in [-0.1, -0.05) is 36.8 Å². The second kappa shape index (κ2) is 5.21. The van der Waals surface area contributed by atoms with Gasteiger partial charge in [0.05, 0.1) is 6.54 Å². The van der Waals surface area contributed by atoms with E-state index in [4.69, 9.17) is 4.74 Å². The first-order valence-electron chi connectivity index (χ1n) is 6.16. The molecule has 0 aromatic heterocycles. The summed E-state index contributed by atoms with van der Waals surface area (Å²) in [7, 11) is 0. The third kappa shape index (κ3) is 3.22. The van der Waals surface area contributed by atoms with Gasteiger partial charge in [-0.25, -0.2) is 4.79 Å². The molecule has 0 spiro atoms. The first-order valence-corrected chi connectivity index (χ1v) is 6.16. The lowest BCUT2D eigenvalue weighted by atomic mass is 9.94. The van der Waals surface area contributed by atoms with E-state index < -0.39 is 0 Å². The van der Waals surface area contributed by atoms with Crippen LogP contribution in [-0.2, 0) is 4.74 Å². The highest BCUT2D eigenvalue weighted by Crippen LogP contribution is 2.23. The van der Waals surface area contributed by atoms with Crippen LogP contribution in [0.5, 0.6) is 0 Å². The van der Waals surface area contributed by atoms with E-state index in [1.54, 1.807) is 0 Å². The third-order valence-corrected chi connectivity index (χ3v) is 3.32. The molecule has 2 rings (SSSR count). The summed E-state index contributed by atoms with van der Waals surface area (Å²) in [5.74, 6) is 0.509. The zero-order chi connectivity index (χ0) is 12.3. The van der Waals surface area contributed by atoms with Gasteiger partial charge >= 0.3 is 6.09 Å². The Kier molecular flexibility index (Phi) is 3.67. The molecule has 1 N–H and O–H groups in total. The van der Waals surface area contributed by atoms with E-state index in [-0.39, 0.29) is 12.2 Å². The molecule has 0 bridgehead atoms. The predicted molar refractivity (Wildman–Crippen MR) is 67.1 cm³/mol. The van der Waals surface area contributed by atoms with Crippen molar-refractivity contribution < 1.29 is 9.53 Å². The Bertz CT molecular complexity index is 386. The molecule has 3 nitrogen and oxygen atoms in total. The number of rotatable bonds is 4. The van der Waals surface area contributed by atoms with Gasteiger partial charge in [0.25, 0.3) is 0 Å². The van der Waals surface area contributed by atoms with E-state index in [1.165, 1.54) is 11.1 Å². The lowest BCUT2D eigenvalue weighted by Crippen LogP contribution is -2.15. The molecular weight excluding hydrogens is 214 g/mol. The zero-order valence-electron chi connectivity index (χ0n) is 10.4. The molecule has 0 radical (unpaired) electrons. The molecule has 92 valence electrons. The number of hydrogen-bond acceptors (Lipinski definition) is 2. The fourth-order valence-corrected chi connectivity index (χ4v) is 2.09. The first kappa shape index (κ1) is 12.0. The Labute approximate surface area is 102 Å². The minimum absolute atomic E-state index is 0.0513. The minimum Gasteiger partial charge on any atom is -0.444 e. The van der Waals surface area contributed by atoms with Crippen molar-refractivity contribution in [1.29, 1.82) is 0 Å². The second-order valence-corrected chi connectivity index (χ2v) is 4.80. The summed E-state index contributed by atoms with van der Waals surface area (Å²) in [5, 5.41) is 2.68. The summed E-state index contributed by atoms with van der Waals surface area (Å²) in [6, 6.07) is 8.64. The Hall–Kier alpha value is -1.51. The number of hydrogen-bond donors (Lipinski definition) is 1. The average molecular weight is 233 g/mol. The molecule has 1 aromatic carbocycles. The van der Waals surface area contributed by atoms with Crippen molar-refractivity contribution in [2.24, 2.45) is 0 Å². The summed E-state index contributed by atoms with van der Waals surface area (Å²) in [6.07, 6.45) is 1.74. The van der Waals surface area contributed by atoms with Gasteiger partial charge in [0.15, 0.2) is 0 Å². The molecule has 0 unspecified atom stereocenters. The molecule has 2 atom stereocenters. The predicted octanol–water partition coefficient (Wildman–Crippen LogP) is 2.99. The van der Waals surface area contributed by atoms with Gasteiger partial charge < -0.3 is 10.1 Å². The van der Waals surface area contributed by atoms with Crippen LogP contribution in [-0.4, -0.2) is 18.7 Å². The van der Waals surface area contributed by atoms with Gasteiger partial charge in [0.1, 0.15) is 6.10 Å². The molecule has 1 saturated heterocycles. The zero-order valence-corrected chi connectivity index (χ0v) is 10.4. The Balaban J connectivity index is 1.82. The van der Waals surface area contributed by atoms with Crippen molar-refractivity contribution in [2.45, 2.75) is 38.7 Å².